The summed E-state index contributed by atoms with van der Waals surface area (Å²) in [6.45, 7) is 8.62. The molecule has 0 aromatic carbocycles. The van der Waals surface area contributed by atoms with Crippen LogP contribution in [0.2, 0.25) is 0 Å². The number of piperidine rings is 1. The van der Waals surface area contributed by atoms with Gasteiger partial charge >= 0.3 is 0 Å². The highest BCUT2D eigenvalue weighted by Crippen LogP contribution is 2.27. The molecule has 2 rings (SSSR count). The second kappa shape index (κ2) is 6.36. The lowest BCUT2D eigenvalue weighted by Crippen LogP contribution is -2.47. The molecule has 0 amide bonds. The fourth-order valence-electron chi connectivity index (χ4n) is 3.52. The Morgan fingerprint density at radius 3 is 2.33 bits per heavy atom. The van der Waals surface area contributed by atoms with E-state index in [0.29, 0.717) is 0 Å². The Morgan fingerprint density at radius 2 is 1.83 bits per heavy atom. The molecule has 3 nitrogen and oxygen atoms in total. The van der Waals surface area contributed by atoms with Crippen molar-refractivity contribution in [3.05, 3.63) is 0 Å². The third kappa shape index (κ3) is 3.46. The Morgan fingerprint density at radius 1 is 1.17 bits per heavy atom. The number of nitrogens with zero attached hydrogens (tertiary/aromatic N) is 1. The zero-order valence-electron chi connectivity index (χ0n) is 12.1. The van der Waals surface area contributed by atoms with E-state index in [1.807, 2.05) is 0 Å². The molecule has 2 N–H and O–H groups in total. The first-order valence-electron chi connectivity index (χ1n) is 7.85. The Balaban J connectivity index is 1.76. The third-order valence-electron chi connectivity index (χ3n) is 5.13. The molecule has 2 aliphatic heterocycles. The lowest BCUT2D eigenvalue weighted by atomic mass is 9.87. The van der Waals surface area contributed by atoms with E-state index in [0.717, 1.165) is 31.3 Å². The van der Waals surface area contributed by atoms with Crippen LogP contribution in [0, 0.1) is 5.92 Å². The second-order valence-electron chi connectivity index (χ2n) is 6.25. The number of nitrogens with one attached hydrogen (secondary N) is 1. The minimum Gasteiger partial charge on any atom is -0.389 e. The van der Waals surface area contributed by atoms with E-state index in [1.165, 1.54) is 45.3 Å². The van der Waals surface area contributed by atoms with Crippen molar-refractivity contribution < 1.29 is 5.11 Å². The minimum atomic E-state index is -0.460. The van der Waals surface area contributed by atoms with Gasteiger partial charge in [0.05, 0.1) is 5.60 Å². The molecular formula is C15H30N2O. The first-order chi connectivity index (χ1) is 8.67. The lowest BCUT2D eigenvalue weighted by Gasteiger charge is -2.39. The molecule has 3 heteroatoms. The number of hydrogen-bond donors (Lipinski definition) is 2. The van der Waals surface area contributed by atoms with E-state index in [1.54, 1.807) is 0 Å². The van der Waals surface area contributed by atoms with Crippen LogP contribution >= 0.6 is 0 Å². The summed E-state index contributed by atoms with van der Waals surface area (Å²) in [5.74, 6) is 0.875. The summed E-state index contributed by atoms with van der Waals surface area (Å²) in [6, 6.07) is 0.781. The Kier molecular flexibility index (Phi) is 5.05. The molecule has 0 bridgehead atoms. The molecule has 1 unspecified atom stereocenters. The van der Waals surface area contributed by atoms with Crippen LogP contribution in [-0.2, 0) is 0 Å². The summed E-state index contributed by atoms with van der Waals surface area (Å²) >= 11 is 0. The van der Waals surface area contributed by atoms with Crippen LogP contribution in [0.15, 0.2) is 0 Å². The zero-order chi connectivity index (χ0) is 13.0. The van der Waals surface area contributed by atoms with Gasteiger partial charge in [0.15, 0.2) is 0 Å². The maximum atomic E-state index is 10.4. The smallest absolute Gasteiger partial charge is 0.0768 e. The van der Waals surface area contributed by atoms with Crippen molar-refractivity contribution in [2.75, 3.05) is 26.2 Å². The average molecular weight is 254 g/mol. The molecule has 2 saturated heterocycles. The van der Waals surface area contributed by atoms with E-state index >= 15 is 0 Å². The van der Waals surface area contributed by atoms with Gasteiger partial charge in [-0.2, -0.15) is 0 Å². The largest absolute Gasteiger partial charge is 0.389 e. The molecule has 0 aliphatic carbocycles. The van der Waals surface area contributed by atoms with Crippen LogP contribution in [0.5, 0.6) is 0 Å². The molecular weight excluding hydrogens is 224 g/mol. The summed E-state index contributed by atoms with van der Waals surface area (Å²) < 4.78 is 0. The van der Waals surface area contributed by atoms with E-state index in [4.69, 9.17) is 0 Å². The molecule has 18 heavy (non-hydrogen) atoms. The molecule has 0 aromatic heterocycles. The van der Waals surface area contributed by atoms with Crippen molar-refractivity contribution in [2.24, 2.45) is 5.92 Å². The van der Waals surface area contributed by atoms with Crippen LogP contribution in [0.25, 0.3) is 0 Å². The Labute approximate surface area is 112 Å². The van der Waals surface area contributed by atoms with Gasteiger partial charge in [0.1, 0.15) is 0 Å². The van der Waals surface area contributed by atoms with E-state index in [2.05, 4.69) is 24.1 Å². The first-order valence-corrected chi connectivity index (χ1v) is 7.85. The number of β-amino-alcohol motifs (C(OH)–C–C–N with tert-alkyl or cyclic N) is 1. The van der Waals surface area contributed by atoms with Crippen LogP contribution in [0.3, 0.4) is 0 Å². The van der Waals surface area contributed by atoms with Crippen LogP contribution in [0.1, 0.15) is 52.4 Å². The van der Waals surface area contributed by atoms with Gasteiger partial charge < -0.3 is 15.3 Å². The molecule has 0 spiro atoms. The number of aliphatic hydroxyl groups is 1. The van der Waals surface area contributed by atoms with Gasteiger partial charge in [-0.15, -0.1) is 0 Å². The number of hydrogen-bond acceptors (Lipinski definition) is 3. The summed E-state index contributed by atoms with van der Waals surface area (Å²) in [5, 5.41) is 14.0. The van der Waals surface area contributed by atoms with Gasteiger partial charge in [-0.1, -0.05) is 13.8 Å². The molecule has 0 aromatic rings. The van der Waals surface area contributed by atoms with Gasteiger partial charge in [0, 0.05) is 12.6 Å². The Hall–Kier alpha value is -0.120. The molecule has 106 valence electrons. The zero-order valence-corrected chi connectivity index (χ0v) is 12.1. The van der Waals surface area contributed by atoms with Crippen LogP contribution < -0.4 is 5.32 Å². The van der Waals surface area contributed by atoms with Gasteiger partial charge in [-0.3, -0.25) is 0 Å². The fourth-order valence-corrected chi connectivity index (χ4v) is 3.52. The van der Waals surface area contributed by atoms with Crippen molar-refractivity contribution in [2.45, 2.75) is 64.0 Å². The Bertz CT molecular complexity index is 239. The van der Waals surface area contributed by atoms with Crippen molar-refractivity contribution in [1.82, 2.24) is 10.2 Å². The monoisotopic (exact) mass is 254 g/mol. The van der Waals surface area contributed by atoms with Crippen molar-refractivity contribution in [1.29, 1.82) is 0 Å². The molecule has 2 heterocycles. The van der Waals surface area contributed by atoms with Crippen LogP contribution in [-0.4, -0.2) is 47.8 Å². The maximum absolute atomic E-state index is 10.4. The average Bonchev–Trinajstić information content (AvgIpc) is 2.93. The fraction of sp³-hybridized carbons (Fsp3) is 1.00. The van der Waals surface area contributed by atoms with E-state index in [9.17, 15) is 5.11 Å². The molecule has 1 atom stereocenters. The maximum Gasteiger partial charge on any atom is 0.0768 e. The van der Waals surface area contributed by atoms with Gasteiger partial charge in [-0.25, -0.2) is 0 Å². The van der Waals surface area contributed by atoms with Crippen molar-refractivity contribution >= 4 is 0 Å². The highest BCUT2D eigenvalue weighted by molar-refractivity contribution is 4.88. The normalized spacial score (nSPS) is 27.8. The van der Waals surface area contributed by atoms with Gasteiger partial charge in [0.25, 0.3) is 0 Å². The van der Waals surface area contributed by atoms with E-state index < -0.39 is 5.60 Å². The third-order valence-corrected chi connectivity index (χ3v) is 5.13. The highest BCUT2D eigenvalue weighted by atomic mass is 16.3. The summed E-state index contributed by atoms with van der Waals surface area (Å²) in [5.41, 5.74) is -0.460. The highest BCUT2D eigenvalue weighted by Gasteiger charge is 2.31. The molecule has 0 saturated carbocycles. The predicted molar refractivity (Wildman–Crippen MR) is 75.7 cm³/mol. The molecule has 2 fully saturated rings. The molecule has 0 radical (unpaired) electrons. The standard InChI is InChI=1S/C15H30N2O/c1-3-15(18,4-2)12-17-10-7-13(8-11-17)14-6-5-9-16-14/h13-14,16,18H,3-12H2,1-2H3. The minimum absolute atomic E-state index is 0.460. The number of rotatable bonds is 5. The topological polar surface area (TPSA) is 35.5 Å². The SMILES string of the molecule is CCC(O)(CC)CN1CCC(C2CCCN2)CC1. The predicted octanol–water partition coefficient (Wildman–Crippen LogP) is 2.00. The quantitative estimate of drug-likeness (QED) is 0.788. The second-order valence-corrected chi connectivity index (χ2v) is 6.25. The van der Waals surface area contributed by atoms with Crippen molar-refractivity contribution in [3.8, 4) is 0 Å². The van der Waals surface area contributed by atoms with Gasteiger partial charge in [0.2, 0.25) is 0 Å². The summed E-state index contributed by atoms with van der Waals surface area (Å²) in [4.78, 5) is 2.47. The van der Waals surface area contributed by atoms with E-state index in [-0.39, 0.29) is 0 Å². The number of likely N-dealkylation sites (tertiary alicyclic amines) is 1. The lowest BCUT2D eigenvalue weighted by molar-refractivity contribution is -0.0127. The van der Waals surface area contributed by atoms with Gasteiger partial charge in [-0.05, 0) is 64.1 Å². The first kappa shape index (κ1) is 14.3. The molecule has 2 aliphatic rings. The van der Waals surface area contributed by atoms with Crippen LogP contribution in [0.4, 0.5) is 0 Å². The van der Waals surface area contributed by atoms with Crippen molar-refractivity contribution in [3.63, 3.8) is 0 Å². The summed E-state index contributed by atoms with van der Waals surface area (Å²) in [6.07, 6.45) is 7.08. The summed E-state index contributed by atoms with van der Waals surface area (Å²) in [7, 11) is 0.